The van der Waals surface area contributed by atoms with Gasteiger partial charge in [-0.3, -0.25) is 4.79 Å². The van der Waals surface area contributed by atoms with E-state index >= 15 is 0 Å². The first-order valence-corrected chi connectivity index (χ1v) is 3.58. The molecule has 4 nitrogen and oxygen atoms in total. The fraction of sp³-hybridized carbons (Fsp3) is 0.250. The van der Waals surface area contributed by atoms with Crippen LogP contribution in [0.3, 0.4) is 0 Å². The molecule has 0 fully saturated rings. The van der Waals surface area contributed by atoms with Gasteiger partial charge >= 0.3 is 0 Å². The average molecular weight is 163 g/mol. The minimum Gasteiger partial charge on any atom is -0.361 e. The summed E-state index contributed by atoms with van der Waals surface area (Å²) in [6.45, 7) is 1.44. The third kappa shape index (κ3) is 2.18. The van der Waals surface area contributed by atoms with Gasteiger partial charge in [0.2, 0.25) is 5.91 Å². The van der Waals surface area contributed by atoms with Gasteiger partial charge in [0.1, 0.15) is 0 Å². The molecule has 0 aromatic heterocycles. The van der Waals surface area contributed by atoms with Crippen molar-refractivity contribution in [2.45, 2.75) is 13.3 Å². The standard InChI is InChI=1S/C8H9N3O/c1-6(12)10-7-3-2-4-8(5-7)11-9/h2-4H,5H2,1H3,(H,10,12). The smallest absolute Gasteiger partial charge is 0.297 e. The Hall–Kier alpha value is -1.67. The highest BCUT2D eigenvalue weighted by molar-refractivity contribution is 5.94. The summed E-state index contributed by atoms with van der Waals surface area (Å²) >= 11 is 0. The highest BCUT2D eigenvalue weighted by Crippen LogP contribution is 2.04. The maximum Gasteiger partial charge on any atom is 0.297 e. The van der Waals surface area contributed by atoms with E-state index in [2.05, 4.69) is 10.1 Å². The van der Waals surface area contributed by atoms with Crippen molar-refractivity contribution in [1.29, 1.82) is 0 Å². The van der Waals surface area contributed by atoms with Gasteiger partial charge in [0.15, 0.2) is 0 Å². The quantitative estimate of drug-likeness (QED) is 0.447. The Morgan fingerprint density at radius 2 is 2.50 bits per heavy atom. The van der Waals surface area contributed by atoms with Crippen molar-refractivity contribution in [3.8, 4) is 0 Å². The van der Waals surface area contributed by atoms with Gasteiger partial charge in [-0.25, -0.2) is 0 Å². The summed E-state index contributed by atoms with van der Waals surface area (Å²) in [4.78, 5) is 13.7. The van der Waals surface area contributed by atoms with Crippen LogP contribution in [-0.4, -0.2) is 16.4 Å². The van der Waals surface area contributed by atoms with E-state index < -0.39 is 0 Å². The third-order valence-electron chi connectivity index (χ3n) is 1.42. The van der Waals surface area contributed by atoms with E-state index in [0.717, 1.165) is 5.70 Å². The molecule has 0 bridgehead atoms. The first kappa shape index (κ1) is 8.43. The van der Waals surface area contributed by atoms with Gasteiger partial charge in [-0.1, -0.05) is 6.08 Å². The lowest BCUT2D eigenvalue weighted by molar-refractivity contribution is -0.118. The number of amides is 1. The molecule has 4 heteroatoms. The summed E-state index contributed by atoms with van der Waals surface area (Å²) in [7, 11) is 0. The molecule has 0 saturated carbocycles. The zero-order chi connectivity index (χ0) is 8.97. The second kappa shape index (κ2) is 3.64. The molecule has 0 spiro atoms. The van der Waals surface area contributed by atoms with Crippen LogP contribution in [0.5, 0.6) is 0 Å². The fourth-order valence-corrected chi connectivity index (χ4v) is 0.969. The highest BCUT2D eigenvalue weighted by Gasteiger charge is 2.11. The molecule has 0 heterocycles. The fourth-order valence-electron chi connectivity index (χ4n) is 0.969. The zero-order valence-electron chi connectivity index (χ0n) is 6.74. The number of nitrogens with zero attached hydrogens (tertiary/aromatic N) is 2. The summed E-state index contributed by atoms with van der Waals surface area (Å²) in [5.74, 6) is -0.117. The number of rotatable bonds is 1. The number of carbonyl (C=O) groups is 1. The molecule has 0 unspecified atom stereocenters. The first-order valence-electron chi connectivity index (χ1n) is 3.58. The maximum absolute atomic E-state index is 10.6. The molecular weight excluding hydrogens is 154 g/mol. The summed E-state index contributed by atoms with van der Waals surface area (Å²) in [5, 5.41) is 2.62. The van der Waals surface area contributed by atoms with Crippen LogP contribution in [0, 0.1) is 0 Å². The van der Waals surface area contributed by atoms with Gasteiger partial charge < -0.3 is 10.8 Å². The number of carbonyl (C=O) groups excluding carboxylic acids is 1. The number of nitrogens with one attached hydrogen (secondary N) is 1. The predicted octanol–water partition coefficient (Wildman–Crippen LogP) is 0.637. The maximum atomic E-state index is 10.6. The molecule has 1 rings (SSSR count). The highest BCUT2D eigenvalue weighted by atomic mass is 16.1. The summed E-state index contributed by atoms with van der Waals surface area (Å²) in [6, 6.07) is 0. The Morgan fingerprint density at radius 1 is 1.75 bits per heavy atom. The van der Waals surface area contributed by atoms with Crippen LogP contribution in [-0.2, 0) is 4.79 Å². The lowest BCUT2D eigenvalue weighted by Gasteiger charge is -2.05. The molecule has 0 radical (unpaired) electrons. The Morgan fingerprint density at radius 3 is 3.08 bits per heavy atom. The van der Waals surface area contributed by atoms with E-state index in [9.17, 15) is 4.79 Å². The monoisotopic (exact) mass is 163 g/mol. The van der Waals surface area contributed by atoms with E-state index in [0.29, 0.717) is 12.1 Å². The molecular formula is C8H9N3O. The zero-order valence-corrected chi connectivity index (χ0v) is 6.74. The van der Waals surface area contributed by atoms with Crippen molar-refractivity contribution in [2.24, 2.45) is 0 Å². The van der Waals surface area contributed by atoms with Gasteiger partial charge in [-0.15, -0.1) is 0 Å². The van der Waals surface area contributed by atoms with E-state index in [1.54, 1.807) is 18.2 Å². The topological polar surface area (TPSA) is 65.5 Å². The van der Waals surface area contributed by atoms with E-state index in [1.807, 2.05) is 0 Å². The van der Waals surface area contributed by atoms with Crippen LogP contribution in [0.4, 0.5) is 0 Å². The largest absolute Gasteiger partial charge is 0.361 e. The molecule has 1 aliphatic carbocycles. The van der Waals surface area contributed by atoms with Crippen molar-refractivity contribution in [3.05, 3.63) is 29.5 Å². The van der Waals surface area contributed by atoms with Crippen molar-refractivity contribution < 1.29 is 9.58 Å². The summed E-state index contributed by atoms with van der Waals surface area (Å²) in [5.41, 5.74) is 9.73. The molecule has 1 N–H and O–H groups in total. The lowest BCUT2D eigenvalue weighted by Crippen LogP contribution is -2.22. The second-order valence-corrected chi connectivity index (χ2v) is 2.50. The van der Waals surface area contributed by atoms with Crippen LogP contribution < -0.4 is 5.32 Å². The van der Waals surface area contributed by atoms with E-state index in [1.165, 1.54) is 6.92 Å². The second-order valence-electron chi connectivity index (χ2n) is 2.50. The van der Waals surface area contributed by atoms with Gasteiger partial charge in [-0.05, 0) is 6.08 Å². The van der Waals surface area contributed by atoms with Crippen molar-refractivity contribution in [3.63, 3.8) is 0 Å². The van der Waals surface area contributed by atoms with Crippen LogP contribution in [0.25, 0.3) is 5.53 Å². The SMILES string of the molecule is CC(=O)NC1=CC=CC(=[N+]=[N-])C1. The number of hydrogen-bond acceptors (Lipinski definition) is 1. The van der Waals surface area contributed by atoms with Crippen LogP contribution in [0.15, 0.2) is 23.9 Å². The Labute approximate surface area is 70.2 Å². The molecule has 0 atom stereocenters. The minimum atomic E-state index is -0.117. The van der Waals surface area contributed by atoms with Crippen LogP contribution >= 0.6 is 0 Å². The van der Waals surface area contributed by atoms with Crippen molar-refractivity contribution in [1.82, 2.24) is 5.32 Å². The minimum absolute atomic E-state index is 0.117. The Kier molecular flexibility index (Phi) is 2.56. The molecule has 62 valence electrons. The molecule has 12 heavy (non-hydrogen) atoms. The van der Waals surface area contributed by atoms with E-state index in [4.69, 9.17) is 5.53 Å². The van der Waals surface area contributed by atoms with Crippen molar-refractivity contribution >= 4 is 11.6 Å². The van der Waals surface area contributed by atoms with Crippen LogP contribution in [0.1, 0.15) is 13.3 Å². The van der Waals surface area contributed by atoms with E-state index in [-0.39, 0.29) is 5.91 Å². The van der Waals surface area contributed by atoms with Crippen LogP contribution in [0.2, 0.25) is 0 Å². The van der Waals surface area contributed by atoms with Gasteiger partial charge in [0, 0.05) is 18.7 Å². The Balaban J connectivity index is 2.69. The molecule has 1 aliphatic rings. The van der Waals surface area contributed by atoms with Crippen molar-refractivity contribution in [2.75, 3.05) is 0 Å². The lowest BCUT2D eigenvalue weighted by atomic mass is 10.1. The summed E-state index contributed by atoms with van der Waals surface area (Å²) < 4.78 is 0. The number of hydrogen-bond donors (Lipinski definition) is 1. The molecule has 0 saturated heterocycles. The Bertz CT molecular complexity index is 308. The normalized spacial score (nSPS) is 15.1. The predicted molar refractivity (Wildman–Crippen MR) is 44.3 cm³/mol. The summed E-state index contributed by atoms with van der Waals surface area (Å²) in [6.07, 6.45) is 5.65. The molecule has 0 aromatic rings. The molecule has 0 aromatic carbocycles. The van der Waals surface area contributed by atoms with Gasteiger partial charge in [-0.2, -0.15) is 4.79 Å². The molecule has 0 aliphatic heterocycles. The number of allylic oxidation sites excluding steroid dienone is 4. The van der Waals surface area contributed by atoms with Gasteiger partial charge in [0.25, 0.3) is 5.71 Å². The third-order valence-corrected chi connectivity index (χ3v) is 1.42. The van der Waals surface area contributed by atoms with Gasteiger partial charge in [0.05, 0.1) is 6.42 Å². The average Bonchev–Trinajstić information content (AvgIpc) is 2.03. The first-order chi connectivity index (χ1) is 5.72. The molecule has 1 amide bonds.